The number of rotatable bonds is 2. The Morgan fingerprint density at radius 2 is 1.80 bits per heavy atom. The van der Waals surface area contributed by atoms with E-state index in [9.17, 15) is 13.2 Å². The van der Waals surface area contributed by atoms with Crippen LogP contribution < -0.4 is 0 Å². The largest absolute Gasteiger partial charge is 0.478 e. The molecule has 1 aromatic carbocycles. The highest BCUT2D eigenvalue weighted by Crippen LogP contribution is 2.31. The molecule has 0 spiro atoms. The van der Waals surface area contributed by atoms with E-state index in [-0.39, 0.29) is 5.02 Å². The summed E-state index contributed by atoms with van der Waals surface area (Å²) in [6.07, 6.45) is 0. The summed E-state index contributed by atoms with van der Waals surface area (Å²) in [4.78, 5) is 9.76. The van der Waals surface area contributed by atoms with E-state index in [4.69, 9.17) is 32.9 Å². The van der Waals surface area contributed by atoms with Crippen LogP contribution >= 0.6 is 23.2 Å². The molecule has 1 rings (SSSR count). The third kappa shape index (κ3) is 2.40. The van der Waals surface area contributed by atoms with Crippen LogP contribution in [0.5, 0.6) is 0 Å². The van der Waals surface area contributed by atoms with Crippen LogP contribution in [-0.2, 0) is 10.1 Å². The maximum absolute atomic E-state index is 10.9. The fourth-order valence-electron chi connectivity index (χ4n) is 0.953. The molecule has 15 heavy (non-hydrogen) atoms. The van der Waals surface area contributed by atoms with Gasteiger partial charge >= 0.3 is 5.97 Å². The quantitative estimate of drug-likeness (QED) is 0.802. The molecule has 0 aliphatic rings. The number of hydrogen-bond donors (Lipinski definition) is 2. The van der Waals surface area contributed by atoms with Gasteiger partial charge in [-0.05, 0) is 12.1 Å². The van der Waals surface area contributed by atoms with E-state index in [0.29, 0.717) is 0 Å². The van der Waals surface area contributed by atoms with Gasteiger partial charge in [-0.3, -0.25) is 4.55 Å². The summed E-state index contributed by atoms with van der Waals surface area (Å²) in [7, 11) is -4.73. The summed E-state index contributed by atoms with van der Waals surface area (Å²) in [6, 6.07) is 2.07. The van der Waals surface area contributed by atoms with Crippen LogP contribution in [-0.4, -0.2) is 24.0 Å². The van der Waals surface area contributed by atoms with E-state index >= 15 is 0 Å². The molecule has 0 aromatic heterocycles. The van der Waals surface area contributed by atoms with E-state index in [0.717, 1.165) is 12.1 Å². The van der Waals surface area contributed by atoms with E-state index in [2.05, 4.69) is 0 Å². The summed E-state index contributed by atoms with van der Waals surface area (Å²) in [6.45, 7) is 0. The van der Waals surface area contributed by atoms with Gasteiger partial charge in [0.1, 0.15) is 4.90 Å². The van der Waals surface area contributed by atoms with Gasteiger partial charge in [-0.2, -0.15) is 8.42 Å². The molecule has 0 saturated carbocycles. The van der Waals surface area contributed by atoms with Crippen LogP contribution in [0.2, 0.25) is 10.0 Å². The fraction of sp³-hybridized carbons (Fsp3) is 0. The highest BCUT2D eigenvalue weighted by molar-refractivity contribution is 7.86. The average Bonchev–Trinajstić information content (AvgIpc) is 2.06. The lowest BCUT2D eigenvalue weighted by atomic mass is 10.2. The monoisotopic (exact) mass is 270 g/mol. The van der Waals surface area contributed by atoms with E-state index in [1.807, 2.05) is 0 Å². The highest BCUT2D eigenvalue weighted by Gasteiger charge is 2.25. The number of aromatic carboxylic acids is 1. The fourth-order valence-corrected chi connectivity index (χ4v) is 2.39. The molecular weight excluding hydrogens is 267 g/mol. The topological polar surface area (TPSA) is 91.7 Å². The van der Waals surface area contributed by atoms with Crippen LogP contribution in [0.25, 0.3) is 0 Å². The van der Waals surface area contributed by atoms with Crippen molar-refractivity contribution in [2.45, 2.75) is 4.90 Å². The second-order valence-electron chi connectivity index (χ2n) is 2.52. The smallest absolute Gasteiger partial charge is 0.337 e. The van der Waals surface area contributed by atoms with Crippen molar-refractivity contribution in [1.82, 2.24) is 0 Å². The minimum Gasteiger partial charge on any atom is -0.478 e. The molecule has 1 aromatic rings. The summed E-state index contributed by atoms with van der Waals surface area (Å²) in [5, 5.41) is 7.99. The van der Waals surface area contributed by atoms with Gasteiger partial charge in [-0.25, -0.2) is 4.79 Å². The van der Waals surface area contributed by atoms with Crippen LogP contribution in [0.15, 0.2) is 17.0 Å². The molecule has 0 radical (unpaired) electrons. The maximum atomic E-state index is 10.9. The van der Waals surface area contributed by atoms with E-state index in [1.54, 1.807) is 0 Å². The molecule has 82 valence electrons. The molecule has 0 saturated heterocycles. The number of hydrogen-bond acceptors (Lipinski definition) is 3. The lowest BCUT2D eigenvalue weighted by Crippen LogP contribution is -2.09. The van der Waals surface area contributed by atoms with Gasteiger partial charge in [-0.15, -0.1) is 0 Å². The Morgan fingerprint density at radius 3 is 2.20 bits per heavy atom. The van der Waals surface area contributed by atoms with Gasteiger partial charge < -0.3 is 5.11 Å². The van der Waals surface area contributed by atoms with Gasteiger partial charge in [0.15, 0.2) is 0 Å². The van der Waals surface area contributed by atoms with Crippen molar-refractivity contribution >= 4 is 39.3 Å². The average molecular weight is 271 g/mol. The predicted molar refractivity (Wildman–Crippen MR) is 53.2 cm³/mol. The van der Waals surface area contributed by atoms with Crippen LogP contribution in [0.1, 0.15) is 10.4 Å². The number of benzene rings is 1. The number of carboxylic acid groups (broad SMARTS) is 1. The second-order valence-corrected chi connectivity index (χ2v) is 4.66. The van der Waals surface area contributed by atoms with Crippen molar-refractivity contribution in [2.75, 3.05) is 0 Å². The Morgan fingerprint density at radius 1 is 1.27 bits per heavy atom. The Kier molecular flexibility index (Phi) is 3.25. The maximum Gasteiger partial charge on any atom is 0.337 e. The molecule has 0 fully saturated rings. The molecule has 0 aliphatic heterocycles. The molecule has 0 heterocycles. The zero-order valence-electron chi connectivity index (χ0n) is 6.94. The van der Waals surface area contributed by atoms with Crippen molar-refractivity contribution in [3.8, 4) is 0 Å². The molecule has 0 bridgehead atoms. The van der Waals surface area contributed by atoms with E-state index in [1.165, 1.54) is 0 Å². The zero-order valence-corrected chi connectivity index (χ0v) is 9.27. The van der Waals surface area contributed by atoms with Gasteiger partial charge in [0, 0.05) is 0 Å². The number of carboxylic acids is 1. The number of halogens is 2. The predicted octanol–water partition coefficient (Wildman–Crippen LogP) is 1.94. The molecule has 5 nitrogen and oxygen atoms in total. The lowest BCUT2D eigenvalue weighted by Gasteiger charge is -2.06. The van der Waals surface area contributed by atoms with Crippen molar-refractivity contribution in [2.24, 2.45) is 0 Å². The molecule has 2 N–H and O–H groups in total. The number of carbonyl (C=O) groups is 1. The summed E-state index contributed by atoms with van der Waals surface area (Å²) < 4.78 is 30.6. The summed E-state index contributed by atoms with van der Waals surface area (Å²) >= 11 is 11.0. The first-order chi connectivity index (χ1) is 6.75. The van der Waals surface area contributed by atoms with E-state index < -0.39 is 31.6 Å². The molecular formula is C7H4Cl2O5S. The van der Waals surface area contributed by atoms with Gasteiger partial charge in [-0.1, -0.05) is 23.2 Å². The minimum atomic E-state index is -4.73. The van der Waals surface area contributed by atoms with Gasteiger partial charge in [0.25, 0.3) is 10.1 Å². The molecule has 0 amide bonds. The Hall–Kier alpha value is -0.820. The second kappa shape index (κ2) is 3.97. The van der Waals surface area contributed by atoms with Crippen molar-refractivity contribution < 1.29 is 22.9 Å². The zero-order chi connectivity index (χ0) is 11.8. The molecule has 0 unspecified atom stereocenters. The Bertz CT molecular complexity index is 522. The van der Waals surface area contributed by atoms with Crippen LogP contribution in [0.4, 0.5) is 0 Å². The standard InChI is InChI=1S/C7H4Cl2O5S/c8-4-2-1-3(7(10)11)6(5(4)9)15(12,13)14/h1-2H,(H,10,11)(H,12,13,14). The van der Waals surface area contributed by atoms with Crippen LogP contribution in [0, 0.1) is 0 Å². The molecule has 0 aliphatic carbocycles. The summed E-state index contributed by atoms with van der Waals surface area (Å²) in [5.74, 6) is -1.53. The first-order valence-corrected chi connectivity index (χ1v) is 5.63. The first-order valence-electron chi connectivity index (χ1n) is 3.44. The Labute approximate surface area is 95.0 Å². The molecule has 8 heteroatoms. The van der Waals surface area contributed by atoms with Crippen LogP contribution in [0.3, 0.4) is 0 Å². The minimum absolute atomic E-state index is 0.158. The Balaban J connectivity index is 3.72. The molecule has 0 atom stereocenters. The SMILES string of the molecule is O=C(O)c1ccc(Cl)c(Cl)c1S(=O)(=O)O. The summed E-state index contributed by atoms with van der Waals surface area (Å²) in [5.41, 5.74) is -0.632. The third-order valence-corrected chi connectivity index (χ3v) is 3.39. The first kappa shape index (κ1) is 12.3. The van der Waals surface area contributed by atoms with Gasteiger partial charge in [0.05, 0.1) is 15.6 Å². The van der Waals surface area contributed by atoms with Crippen molar-refractivity contribution in [1.29, 1.82) is 0 Å². The third-order valence-electron chi connectivity index (χ3n) is 1.54. The normalized spacial score (nSPS) is 11.4. The highest BCUT2D eigenvalue weighted by atomic mass is 35.5. The van der Waals surface area contributed by atoms with Crippen molar-refractivity contribution in [3.63, 3.8) is 0 Å². The lowest BCUT2D eigenvalue weighted by molar-refractivity contribution is 0.0692. The van der Waals surface area contributed by atoms with Crippen molar-refractivity contribution in [3.05, 3.63) is 27.7 Å². The van der Waals surface area contributed by atoms with Gasteiger partial charge in [0.2, 0.25) is 0 Å².